The van der Waals surface area contributed by atoms with Crippen molar-refractivity contribution in [3.63, 3.8) is 0 Å². The third-order valence-corrected chi connectivity index (χ3v) is 3.04. The standard InChI is InChI=1S/C18H23FN4O.HI/c1-18(2,3)23-17(20-4)22-11-13-7-8-16(15(19)10-13)24-14-6-5-9-21-12-14;/h5-10,12H,11H2,1-4H3,(H2,20,22,23);1H. The van der Waals surface area contributed by atoms with Crippen LogP contribution in [0.5, 0.6) is 11.5 Å². The molecule has 25 heavy (non-hydrogen) atoms. The summed E-state index contributed by atoms with van der Waals surface area (Å²) in [4.78, 5) is 8.09. The van der Waals surface area contributed by atoms with Crippen LogP contribution in [0.4, 0.5) is 4.39 Å². The van der Waals surface area contributed by atoms with Gasteiger partial charge in [-0.05, 0) is 50.6 Å². The molecule has 0 atom stereocenters. The third kappa shape index (κ3) is 7.25. The summed E-state index contributed by atoms with van der Waals surface area (Å²) in [5, 5.41) is 6.41. The van der Waals surface area contributed by atoms with Crippen LogP contribution in [0.25, 0.3) is 0 Å². The van der Waals surface area contributed by atoms with E-state index in [1.54, 1.807) is 31.4 Å². The zero-order chi connectivity index (χ0) is 17.6. The smallest absolute Gasteiger partial charge is 0.191 e. The maximum atomic E-state index is 14.2. The molecule has 2 N–H and O–H groups in total. The van der Waals surface area contributed by atoms with Crippen LogP contribution in [0.3, 0.4) is 0 Å². The summed E-state index contributed by atoms with van der Waals surface area (Å²) in [6, 6.07) is 8.33. The van der Waals surface area contributed by atoms with Gasteiger partial charge < -0.3 is 15.4 Å². The number of pyridine rings is 1. The summed E-state index contributed by atoms with van der Waals surface area (Å²) in [6.07, 6.45) is 3.17. The molecule has 136 valence electrons. The van der Waals surface area contributed by atoms with Crippen LogP contribution in [0.15, 0.2) is 47.7 Å². The van der Waals surface area contributed by atoms with E-state index in [0.717, 1.165) is 5.56 Å². The highest BCUT2D eigenvalue weighted by Gasteiger charge is 2.12. The van der Waals surface area contributed by atoms with Crippen LogP contribution in [-0.4, -0.2) is 23.5 Å². The zero-order valence-electron chi connectivity index (χ0n) is 14.8. The fourth-order valence-corrected chi connectivity index (χ4v) is 1.99. The second kappa shape index (κ2) is 9.55. The van der Waals surface area contributed by atoms with E-state index in [1.807, 2.05) is 26.8 Å². The van der Waals surface area contributed by atoms with Gasteiger partial charge in [-0.15, -0.1) is 24.0 Å². The minimum Gasteiger partial charge on any atom is -0.453 e. The van der Waals surface area contributed by atoms with Gasteiger partial charge in [0.2, 0.25) is 0 Å². The number of benzene rings is 1. The molecular weight excluding hydrogens is 434 g/mol. The monoisotopic (exact) mass is 458 g/mol. The minimum atomic E-state index is -0.420. The molecule has 0 spiro atoms. The van der Waals surface area contributed by atoms with Gasteiger partial charge in [-0.3, -0.25) is 9.98 Å². The minimum absolute atomic E-state index is 0. The molecule has 0 fully saturated rings. The van der Waals surface area contributed by atoms with Crippen molar-refractivity contribution in [3.05, 3.63) is 54.1 Å². The average Bonchev–Trinajstić information content (AvgIpc) is 2.53. The Morgan fingerprint density at radius 3 is 2.60 bits per heavy atom. The number of hydrogen-bond donors (Lipinski definition) is 2. The number of hydrogen-bond acceptors (Lipinski definition) is 3. The van der Waals surface area contributed by atoms with Gasteiger partial charge in [-0.2, -0.15) is 0 Å². The van der Waals surface area contributed by atoms with Crippen LogP contribution in [0, 0.1) is 5.82 Å². The molecule has 1 aromatic heterocycles. The summed E-state index contributed by atoms with van der Waals surface area (Å²) < 4.78 is 19.7. The Labute approximate surface area is 165 Å². The number of nitrogens with zero attached hydrogens (tertiary/aromatic N) is 2. The molecule has 1 aromatic carbocycles. The molecule has 0 unspecified atom stereocenters. The number of nitrogens with one attached hydrogen (secondary N) is 2. The molecule has 0 aliphatic heterocycles. The largest absolute Gasteiger partial charge is 0.453 e. The highest BCUT2D eigenvalue weighted by molar-refractivity contribution is 14.0. The molecule has 2 rings (SSSR count). The van der Waals surface area contributed by atoms with Crippen LogP contribution in [-0.2, 0) is 6.54 Å². The van der Waals surface area contributed by atoms with Crippen molar-refractivity contribution in [1.29, 1.82) is 0 Å². The number of aliphatic imine (C=N–C) groups is 1. The van der Waals surface area contributed by atoms with E-state index in [2.05, 4.69) is 20.6 Å². The quantitative estimate of drug-likeness (QED) is 0.412. The van der Waals surface area contributed by atoms with E-state index in [0.29, 0.717) is 18.3 Å². The first-order valence-corrected chi connectivity index (χ1v) is 7.72. The lowest BCUT2D eigenvalue weighted by Crippen LogP contribution is -2.47. The molecule has 1 heterocycles. The van der Waals surface area contributed by atoms with Gasteiger partial charge in [0.15, 0.2) is 17.5 Å². The maximum absolute atomic E-state index is 14.2. The van der Waals surface area contributed by atoms with Gasteiger partial charge in [0, 0.05) is 25.3 Å². The van der Waals surface area contributed by atoms with Crippen molar-refractivity contribution < 1.29 is 9.13 Å². The second-order valence-electron chi connectivity index (χ2n) is 6.36. The first-order chi connectivity index (χ1) is 11.4. The second-order valence-corrected chi connectivity index (χ2v) is 6.36. The average molecular weight is 458 g/mol. The molecule has 2 aromatic rings. The van der Waals surface area contributed by atoms with Crippen molar-refractivity contribution in [3.8, 4) is 11.5 Å². The molecule has 0 bridgehead atoms. The summed E-state index contributed by atoms with van der Waals surface area (Å²) in [6.45, 7) is 6.60. The molecule has 0 aliphatic carbocycles. The van der Waals surface area contributed by atoms with E-state index in [1.165, 1.54) is 12.3 Å². The lowest BCUT2D eigenvalue weighted by Gasteiger charge is -2.23. The SMILES string of the molecule is CN=C(NCc1ccc(Oc2cccnc2)c(F)c1)NC(C)(C)C.I. The predicted octanol–water partition coefficient (Wildman–Crippen LogP) is 4.09. The molecule has 7 heteroatoms. The Balaban J connectivity index is 0.00000312. The molecule has 5 nitrogen and oxygen atoms in total. The first kappa shape index (κ1) is 21.1. The fourth-order valence-electron chi connectivity index (χ4n) is 1.99. The Kier molecular flexibility index (Phi) is 8.08. The summed E-state index contributed by atoms with van der Waals surface area (Å²) in [7, 11) is 1.70. The lowest BCUT2D eigenvalue weighted by molar-refractivity contribution is 0.440. The van der Waals surface area contributed by atoms with E-state index in [9.17, 15) is 4.39 Å². The number of halogens is 2. The molecular formula is C18H24FIN4O. The molecule has 0 radical (unpaired) electrons. The van der Waals surface area contributed by atoms with Gasteiger partial charge >= 0.3 is 0 Å². The Morgan fingerprint density at radius 2 is 2.04 bits per heavy atom. The first-order valence-electron chi connectivity index (χ1n) is 7.72. The van der Waals surface area contributed by atoms with Gasteiger partial charge in [-0.1, -0.05) is 6.07 Å². The van der Waals surface area contributed by atoms with Crippen molar-refractivity contribution in [2.24, 2.45) is 4.99 Å². The number of guanidine groups is 1. The van der Waals surface area contributed by atoms with Crippen LogP contribution in [0.2, 0.25) is 0 Å². The molecule has 0 saturated carbocycles. The molecule has 0 aliphatic rings. The Morgan fingerprint density at radius 1 is 1.28 bits per heavy atom. The van der Waals surface area contributed by atoms with Gasteiger partial charge in [0.25, 0.3) is 0 Å². The van der Waals surface area contributed by atoms with E-state index >= 15 is 0 Å². The third-order valence-electron chi connectivity index (χ3n) is 3.04. The lowest BCUT2D eigenvalue weighted by atomic mass is 10.1. The van der Waals surface area contributed by atoms with Crippen molar-refractivity contribution in [2.75, 3.05) is 7.05 Å². The van der Waals surface area contributed by atoms with Gasteiger partial charge in [0.05, 0.1) is 6.20 Å². The predicted molar refractivity (Wildman–Crippen MR) is 109 cm³/mol. The van der Waals surface area contributed by atoms with E-state index in [4.69, 9.17) is 4.74 Å². The van der Waals surface area contributed by atoms with Crippen molar-refractivity contribution in [2.45, 2.75) is 32.9 Å². The van der Waals surface area contributed by atoms with Crippen molar-refractivity contribution in [1.82, 2.24) is 15.6 Å². The highest BCUT2D eigenvalue weighted by atomic mass is 127. The van der Waals surface area contributed by atoms with Gasteiger partial charge in [0.1, 0.15) is 5.75 Å². The van der Waals surface area contributed by atoms with Gasteiger partial charge in [-0.25, -0.2) is 4.39 Å². The number of aromatic nitrogens is 1. The van der Waals surface area contributed by atoms with Crippen LogP contribution in [0.1, 0.15) is 26.3 Å². The number of rotatable bonds is 4. The topological polar surface area (TPSA) is 58.5 Å². The zero-order valence-corrected chi connectivity index (χ0v) is 17.2. The highest BCUT2D eigenvalue weighted by Crippen LogP contribution is 2.24. The molecule has 0 amide bonds. The molecule has 0 saturated heterocycles. The van der Waals surface area contributed by atoms with E-state index < -0.39 is 5.82 Å². The number of ether oxygens (including phenoxy) is 1. The normalized spacial score (nSPS) is 11.5. The summed E-state index contributed by atoms with van der Waals surface area (Å²) in [5.74, 6) is 0.913. The summed E-state index contributed by atoms with van der Waals surface area (Å²) in [5.41, 5.74) is 0.692. The Bertz CT molecular complexity index is 702. The summed E-state index contributed by atoms with van der Waals surface area (Å²) >= 11 is 0. The van der Waals surface area contributed by atoms with E-state index in [-0.39, 0.29) is 35.3 Å². The van der Waals surface area contributed by atoms with Crippen LogP contribution < -0.4 is 15.4 Å². The van der Waals surface area contributed by atoms with Crippen LogP contribution >= 0.6 is 24.0 Å². The Hall–Kier alpha value is -1.90. The van der Waals surface area contributed by atoms with Crippen molar-refractivity contribution >= 4 is 29.9 Å². The maximum Gasteiger partial charge on any atom is 0.191 e. The fraction of sp³-hybridized carbons (Fsp3) is 0.333.